The van der Waals surface area contributed by atoms with Gasteiger partial charge in [-0.2, -0.15) is 0 Å². The average molecular weight is 263 g/mol. The second kappa shape index (κ2) is 6.19. The number of carbonyl (C=O) groups excluding carboxylic acids is 2. The number of ether oxygens (including phenoxy) is 1. The van der Waals surface area contributed by atoms with E-state index in [1.807, 2.05) is 25.1 Å². The number of urea groups is 1. The molecule has 1 heterocycles. The Morgan fingerprint density at radius 2 is 2.05 bits per heavy atom. The highest BCUT2D eigenvalue weighted by molar-refractivity contribution is 5.91. The smallest absolute Gasteiger partial charge is 0.337 e. The van der Waals surface area contributed by atoms with Gasteiger partial charge in [0.25, 0.3) is 0 Å². The molecule has 6 heteroatoms. The normalized spacial score (nSPS) is 17.8. The number of para-hydroxylation sites is 1. The van der Waals surface area contributed by atoms with Crippen LogP contribution in [0.2, 0.25) is 0 Å². The van der Waals surface area contributed by atoms with E-state index in [1.165, 1.54) is 0 Å². The molecule has 6 nitrogen and oxygen atoms in total. The summed E-state index contributed by atoms with van der Waals surface area (Å²) in [6.07, 6.45) is 0.687. The predicted octanol–water partition coefficient (Wildman–Crippen LogP) is 1.18. The van der Waals surface area contributed by atoms with Gasteiger partial charge in [-0.25, -0.2) is 10.2 Å². The van der Waals surface area contributed by atoms with Crippen LogP contribution in [0.5, 0.6) is 0 Å². The molecule has 0 spiro atoms. The van der Waals surface area contributed by atoms with Crippen LogP contribution in [-0.2, 0) is 9.53 Å². The van der Waals surface area contributed by atoms with Crippen molar-refractivity contribution in [2.45, 2.75) is 13.3 Å². The monoisotopic (exact) mass is 263 g/mol. The molecule has 2 rings (SSSR count). The fourth-order valence-electron chi connectivity index (χ4n) is 1.83. The third-order valence-corrected chi connectivity index (χ3v) is 2.99. The van der Waals surface area contributed by atoms with Crippen LogP contribution < -0.4 is 16.2 Å². The van der Waals surface area contributed by atoms with Crippen LogP contribution in [0.4, 0.5) is 10.5 Å². The van der Waals surface area contributed by atoms with Gasteiger partial charge in [0, 0.05) is 12.3 Å². The van der Waals surface area contributed by atoms with Gasteiger partial charge in [0.05, 0.1) is 12.5 Å². The number of hydrogen-bond donors (Lipinski definition) is 3. The molecule has 1 fully saturated rings. The van der Waals surface area contributed by atoms with Crippen molar-refractivity contribution in [3.63, 3.8) is 0 Å². The molecule has 1 saturated heterocycles. The van der Waals surface area contributed by atoms with Gasteiger partial charge in [0.1, 0.15) is 0 Å². The van der Waals surface area contributed by atoms with Crippen LogP contribution >= 0.6 is 0 Å². The van der Waals surface area contributed by atoms with E-state index in [0.29, 0.717) is 25.3 Å². The Kier molecular flexibility index (Phi) is 4.35. The molecule has 0 bridgehead atoms. The van der Waals surface area contributed by atoms with Gasteiger partial charge < -0.3 is 10.1 Å². The SMILES string of the molecule is Cc1ccccc1NC(=O)NNC(=O)C1CCOC1. The lowest BCUT2D eigenvalue weighted by Crippen LogP contribution is -2.46. The molecule has 1 atom stereocenters. The summed E-state index contributed by atoms with van der Waals surface area (Å²) >= 11 is 0. The predicted molar refractivity (Wildman–Crippen MR) is 70.4 cm³/mol. The number of nitrogens with one attached hydrogen (secondary N) is 3. The van der Waals surface area contributed by atoms with E-state index >= 15 is 0 Å². The number of hydrazine groups is 1. The molecule has 1 aliphatic rings. The van der Waals surface area contributed by atoms with Crippen molar-refractivity contribution in [2.24, 2.45) is 5.92 Å². The maximum Gasteiger partial charge on any atom is 0.337 e. The first-order valence-corrected chi connectivity index (χ1v) is 6.17. The fourth-order valence-corrected chi connectivity index (χ4v) is 1.83. The van der Waals surface area contributed by atoms with Crippen LogP contribution in [0.1, 0.15) is 12.0 Å². The van der Waals surface area contributed by atoms with E-state index in [4.69, 9.17) is 4.74 Å². The Morgan fingerprint density at radius 1 is 1.26 bits per heavy atom. The van der Waals surface area contributed by atoms with E-state index in [0.717, 1.165) is 5.56 Å². The summed E-state index contributed by atoms with van der Waals surface area (Å²) in [5.41, 5.74) is 6.37. The van der Waals surface area contributed by atoms with E-state index in [1.54, 1.807) is 6.07 Å². The zero-order chi connectivity index (χ0) is 13.7. The molecule has 1 aliphatic heterocycles. The first-order chi connectivity index (χ1) is 9.16. The first-order valence-electron chi connectivity index (χ1n) is 6.17. The Balaban J connectivity index is 1.78. The van der Waals surface area contributed by atoms with Gasteiger partial charge in [-0.05, 0) is 25.0 Å². The third-order valence-electron chi connectivity index (χ3n) is 2.99. The number of rotatable bonds is 2. The van der Waals surface area contributed by atoms with Crippen LogP contribution in [0.15, 0.2) is 24.3 Å². The van der Waals surface area contributed by atoms with Crippen LogP contribution in [-0.4, -0.2) is 25.2 Å². The molecule has 1 unspecified atom stereocenters. The minimum absolute atomic E-state index is 0.182. The highest BCUT2D eigenvalue weighted by Gasteiger charge is 2.23. The van der Waals surface area contributed by atoms with Crippen LogP contribution in [0.25, 0.3) is 0 Å². The highest BCUT2D eigenvalue weighted by Crippen LogP contribution is 2.13. The molecule has 19 heavy (non-hydrogen) atoms. The van der Waals surface area contributed by atoms with Gasteiger partial charge in [-0.15, -0.1) is 0 Å². The van der Waals surface area contributed by atoms with Crippen molar-refractivity contribution in [1.29, 1.82) is 0 Å². The van der Waals surface area contributed by atoms with Crippen molar-refractivity contribution in [3.8, 4) is 0 Å². The van der Waals surface area contributed by atoms with Gasteiger partial charge in [0.15, 0.2) is 0 Å². The van der Waals surface area contributed by atoms with E-state index in [9.17, 15) is 9.59 Å². The van der Waals surface area contributed by atoms with E-state index < -0.39 is 6.03 Å². The molecular weight excluding hydrogens is 246 g/mol. The number of amides is 3. The highest BCUT2D eigenvalue weighted by atomic mass is 16.5. The molecule has 0 radical (unpaired) electrons. The maximum absolute atomic E-state index is 11.6. The number of hydrogen-bond acceptors (Lipinski definition) is 3. The van der Waals surface area contributed by atoms with Crippen molar-refractivity contribution in [3.05, 3.63) is 29.8 Å². The van der Waals surface area contributed by atoms with E-state index in [-0.39, 0.29) is 11.8 Å². The summed E-state index contributed by atoms with van der Waals surface area (Å²) in [5.74, 6) is -0.406. The minimum Gasteiger partial charge on any atom is -0.381 e. The second-order valence-corrected chi connectivity index (χ2v) is 4.44. The Morgan fingerprint density at radius 3 is 2.74 bits per heavy atom. The zero-order valence-corrected chi connectivity index (χ0v) is 10.7. The van der Waals surface area contributed by atoms with Crippen molar-refractivity contribution in [2.75, 3.05) is 18.5 Å². The van der Waals surface area contributed by atoms with Gasteiger partial charge in [-0.1, -0.05) is 18.2 Å². The maximum atomic E-state index is 11.6. The molecule has 0 aromatic heterocycles. The number of anilines is 1. The van der Waals surface area contributed by atoms with Crippen molar-refractivity contribution >= 4 is 17.6 Å². The van der Waals surface area contributed by atoms with Gasteiger partial charge in [0.2, 0.25) is 5.91 Å². The first kappa shape index (κ1) is 13.4. The summed E-state index contributed by atoms with van der Waals surface area (Å²) < 4.78 is 5.11. The quantitative estimate of drug-likeness (QED) is 0.701. The Bertz CT molecular complexity index is 470. The number of carbonyl (C=O) groups is 2. The Labute approximate surface area is 111 Å². The topological polar surface area (TPSA) is 79.5 Å². The summed E-state index contributed by atoms with van der Waals surface area (Å²) in [6.45, 7) is 2.89. The largest absolute Gasteiger partial charge is 0.381 e. The second-order valence-electron chi connectivity index (χ2n) is 4.44. The fraction of sp³-hybridized carbons (Fsp3) is 0.385. The standard InChI is InChI=1S/C13H17N3O3/c1-9-4-2-3-5-11(9)14-13(18)16-15-12(17)10-6-7-19-8-10/h2-5,10H,6-8H2,1H3,(H,15,17)(H2,14,16,18). The lowest BCUT2D eigenvalue weighted by atomic mass is 10.1. The molecule has 1 aromatic carbocycles. The Hall–Kier alpha value is -2.08. The van der Waals surface area contributed by atoms with Gasteiger partial charge >= 0.3 is 6.03 Å². The lowest BCUT2D eigenvalue weighted by Gasteiger charge is -2.12. The van der Waals surface area contributed by atoms with Crippen molar-refractivity contribution < 1.29 is 14.3 Å². The van der Waals surface area contributed by atoms with E-state index in [2.05, 4.69) is 16.2 Å². The number of benzene rings is 1. The summed E-state index contributed by atoms with van der Waals surface area (Å²) in [5, 5.41) is 2.66. The molecule has 3 amide bonds. The summed E-state index contributed by atoms with van der Waals surface area (Å²) in [7, 11) is 0. The van der Waals surface area contributed by atoms with Gasteiger partial charge in [-0.3, -0.25) is 10.2 Å². The summed E-state index contributed by atoms with van der Waals surface area (Å²) in [6, 6.07) is 6.93. The molecule has 0 saturated carbocycles. The average Bonchev–Trinajstić information content (AvgIpc) is 2.93. The third kappa shape index (κ3) is 3.69. The van der Waals surface area contributed by atoms with Crippen molar-refractivity contribution in [1.82, 2.24) is 10.9 Å². The number of aryl methyl sites for hydroxylation is 1. The van der Waals surface area contributed by atoms with Crippen LogP contribution in [0.3, 0.4) is 0 Å². The molecular formula is C13H17N3O3. The molecule has 102 valence electrons. The zero-order valence-electron chi connectivity index (χ0n) is 10.7. The minimum atomic E-state index is -0.471. The van der Waals surface area contributed by atoms with Crippen LogP contribution in [0, 0.1) is 12.8 Å². The molecule has 0 aliphatic carbocycles. The molecule has 1 aromatic rings. The lowest BCUT2D eigenvalue weighted by molar-refractivity contribution is -0.125. The molecule has 3 N–H and O–H groups in total. The summed E-state index contributed by atoms with van der Waals surface area (Å²) in [4.78, 5) is 23.3.